The lowest BCUT2D eigenvalue weighted by Crippen LogP contribution is -2.65. The Hall–Kier alpha value is -0.800. The highest BCUT2D eigenvalue weighted by atomic mass is 16.3. The van der Waals surface area contributed by atoms with E-state index in [1.165, 1.54) is 0 Å². The van der Waals surface area contributed by atoms with Gasteiger partial charge in [0.15, 0.2) is 0 Å². The summed E-state index contributed by atoms with van der Waals surface area (Å²) in [7, 11) is 2.15. The van der Waals surface area contributed by atoms with Crippen molar-refractivity contribution >= 4 is 0 Å². The summed E-state index contributed by atoms with van der Waals surface area (Å²) >= 11 is 0. The summed E-state index contributed by atoms with van der Waals surface area (Å²) in [5.41, 5.74) is -0.0173. The number of furan rings is 1. The van der Waals surface area contributed by atoms with Gasteiger partial charge in [-0.3, -0.25) is 4.90 Å². The minimum atomic E-state index is -0.281. The van der Waals surface area contributed by atoms with E-state index in [9.17, 15) is 5.11 Å². The largest absolute Gasteiger partial charge is 0.469 e. The normalized spacial score (nSPS) is 31.4. The van der Waals surface area contributed by atoms with Gasteiger partial charge in [-0.15, -0.1) is 0 Å². The molecule has 102 valence electrons. The van der Waals surface area contributed by atoms with Crippen LogP contribution in [0.25, 0.3) is 0 Å². The fourth-order valence-corrected chi connectivity index (χ4v) is 3.32. The van der Waals surface area contributed by atoms with Crippen LogP contribution in [0.4, 0.5) is 0 Å². The van der Waals surface area contributed by atoms with Crippen molar-refractivity contribution in [1.29, 1.82) is 0 Å². The zero-order chi connectivity index (χ0) is 13.6. The van der Waals surface area contributed by atoms with Crippen molar-refractivity contribution < 1.29 is 9.52 Å². The SMILES string of the molecule is CN1C(C)(C)CC(O)C(Cc2ccco2)C1(C)C. The van der Waals surface area contributed by atoms with Gasteiger partial charge in [0.2, 0.25) is 0 Å². The average molecular weight is 251 g/mol. The third kappa shape index (κ3) is 2.21. The summed E-state index contributed by atoms with van der Waals surface area (Å²) in [6, 6.07) is 3.90. The van der Waals surface area contributed by atoms with E-state index in [0.717, 1.165) is 18.6 Å². The molecule has 2 rings (SSSR count). The summed E-state index contributed by atoms with van der Waals surface area (Å²) < 4.78 is 5.44. The zero-order valence-electron chi connectivity index (χ0n) is 12.1. The molecule has 0 amide bonds. The Kier molecular flexibility index (Phi) is 3.32. The number of likely N-dealkylation sites (tertiary alicyclic amines) is 1. The van der Waals surface area contributed by atoms with Gasteiger partial charge in [-0.25, -0.2) is 0 Å². The Morgan fingerprint density at radius 2 is 2.06 bits per heavy atom. The zero-order valence-corrected chi connectivity index (χ0v) is 12.1. The minimum Gasteiger partial charge on any atom is -0.469 e. The number of hydrogen-bond acceptors (Lipinski definition) is 3. The van der Waals surface area contributed by atoms with Gasteiger partial charge in [-0.2, -0.15) is 0 Å². The Morgan fingerprint density at radius 1 is 1.39 bits per heavy atom. The molecule has 3 nitrogen and oxygen atoms in total. The first kappa shape index (κ1) is 13.6. The Morgan fingerprint density at radius 3 is 2.61 bits per heavy atom. The number of nitrogens with zero attached hydrogens (tertiary/aromatic N) is 1. The standard InChI is InChI=1S/C15H25NO2/c1-14(2)10-13(17)12(15(3,4)16(14)5)9-11-7-6-8-18-11/h6-8,12-13,17H,9-10H2,1-5H3. The number of aliphatic hydroxyl groups is 1. The Bertz CT molecular complexity index is 395. The average Bonchev–Trinajstić information content (AvgIpc) is 2.74. The van der Waals surface area contributed by atoms with Crippen LogP contribution < -0.4 is 0 Å². The molecular weight excluding hydrogens is 226 g/mol. The lowest BCUT2D eigenvalue weighted by Gasteiger charge is -2.56. The molecule has 18 heavy (non-hydrogen) atoms. The maximum absolute atomic E-state index is 10.5. The van der Waals surface area contributed by atoms with Gasteiger partial charge in [0, 0.05) is 23.4 Å². The summed E-state index contributed by atoms with van der Waals surface area (Å²) in [5, 5.41) is 10.5. The van der Waals surface area contributed by atoms with E-state index < -0.39 is 0 Å². The molecule has 2 atom stereocenters. The van der Waals surface area contributed by atoms with Crippen LogP contribution in [0.5, 0.6) is 0 Å². The molecule has 2 heterocycles. The monoisotopic (exact) mass is 251 g/mol. The fourth-order valence-electron chi connectivity index (χ4n) is 3.32. The van der Waals surface area contributed by atoms with Crippen LogP contribution in [-0.2, 0) is 6.42 Å². The van der Waals surface area contributed by atoms with Crippen molar-refractivity contribution in [3.8, 4) is 0 Å². The number of aliphatic hydroxyl groups excluding tert-OH is 1. The van der Waals surface area contributed by atoms with E-state index in [1.54, 1.807) is 6.26 Å². The topological polar surface area (TPSA) is 36.6 Å². The molecule has 1 N–H and O–H groups in total. The second kappa shape index (κ2) is 4.39. The van der Waals surface area contributed by atoms with E-state index >= 15 is 0 Å². The van der Waals surface area contributed by atoms with Crippen molar-refractivity contribution in [2.45, 2.75) is 57.7 Å². The Balaban J connectivity index is 2.24. The van der Waals surface area contributed by atoms with Gasteiger partial charge < -0.3 is 9.52 Å². The first-order chi connectivity index (χ1) is 8.25. The van der Waals surface area contributed by atoms with Crippen molar-refractivity contribution in [2.24, 2.45) is 5.92 Å². The molecule has 0 radical (unpaired) electrons. The lowest BCUT2D eigenvalue weighted by atomic mass is 9.69. The van der Waals surface area contributed by atoms with Crippen LogP contribution in [0.15, 0.2) is 22.8 Å². The van der Waals surface area contributed by atoms with Crippen molar-refractivity contribution in [3.63, 3.8) is 0 Å². The van der Waals surface area contributed by atoms with E-state index in [0.29, 0.717) is 0 Å². The van der Waals surface area contributed by atoms with E-state index in [1.807, 2.05) is 12.1 Å². The van der Waals surface area contributed by atoms with Crippen molar-refractivity contribution in [3.05, 3.63) is 24.2 Å². The van der Waals surface area contributed by atoms with Gasteiger partial charge in [0.25, 0.3) is 0 Å². The molecule has 3 heteroatoms. The third-order valence-corrected chi connectivity index (χ3v) is 4.85. The number of rotatable bonds is 2. The van der Waals surface area contributed by atoms with Gasteiger partial charge in [0.1, 0.15) is 5.76 Å². The molecule has 1 aliphatic heterocycles. The molecule has 0 aromatic carbocycles. The summed E-state index contributed by atoms with van der Waals surface area (Å²) in [5.74, 6) is 1.15. The van der Waals surface area contributed by atoms with Gasteiger partial charge in [-0.1, -0.05) is 0 Å². The minimum absolute atomic E-state index is 0.0303. The second-order valence-corrected chi connectivity index (χ2v) is 6.69. The molecule has 1 aliphatic rings. The molecule has 0 aliphatic carbocycles. The highest BCUT2D eigenvalue weighted by molar-refractivity contribution is 5.09. The maximum atomic E-state index is 10.5. The molecule has 0 bridgehead atoms. The maximum Gasteiger partial charge on any atom is 0.104 e. The van der Waals surface area contributed by atoms with Crippen LogP contribution in [0.1, 0.15) is 39.9 Å². The molecule has 0 saturated carbocycles. The van der Waals surface area contributed by atoms with Gasteiger partial charge in [0.05, 0.1) is 12.4 Å². The highest BCUT2D eigenvalue weighted by Gasteiger charge is 2.49. The van der Waals surface area contributed by atoms with Crippen molar-refractivity contribution in [1.82, 2.24) is 4.90 Å². The molecule has 1 saturated heterocycles. The molecule has 1 aromatic rings. The lowest BCUT2D eigenvalue weighted by molar-refractivity contribution is -0.112. The van der Waals surface area contributed by atoms with Crippen LogP contribution in [0.2, 0.25) is 0 Å². The predicted molar refractivity (Wildman–Crippen MR) is 72.4 cm³/mol. The van der Waals surface area contributed by atoms with Crippen LogP contribution >= 0.6 is 0 Å². The van der Waals surface area contributed by atoms with Crippen LogP contribution in [0.3, 0.4) is 0 Å². The van der Waals surface area contributed by atoms with Crippen LogP contribution in [0, 0.1) is 5.92 Å². The highest BCUT2D eigenvalue weighted by Crippen LogP contribution is 2.42. The third-order valence-electron chi connectivity index (χ3n) is 4.85. The predicted octanol–water partition coefficient (Wildman–Crippen LogP) is 2.69. The molecular formula is C15H25NO2. The first-order valence-corrected chi connectivity index (χ1v) is 6.69. The molecule has 1 fully saturated rings. The number of piperidine rings is 1. The fraction of sp³-hybridized carbons (Fsp3) is 0.733. The quantitative estimate of drug-likeness (QED) is 0.878. The number of hydrogen-bond donors (Lipinski definition) is 1. The Labute approximate surface area is 110 Å². The molecule has 0 spiro atoms. The second-order valence-electron chi connectivity index (χ2n) is 6.69. The summed E-state index contributed by atoms with van der Waals surface area (Å²) in [4.78, 5) is 2.39. The summed E-state index contributed by atoms with van der Waals surface area (Å²) in [6.45, 7) is 8.82. The van der Waals surface area contributed by atoms with E-state index in [2.05, 4.69) is 39.6 Å². The smallest absolute Gasteiger partial charge is 0.104 e. The van der Waals surface area contributed by atoms with E-state index in [-0.39, 0.29) is 23.1 Å². The van der Waals surface area contributed by atoms with Gasteiger partial charge in [-0.05, 0) is 53.3 Å². The molecule has 2 unspecified atom stereocenters. The summed E-state index contributed by atoms with van der Waals surface area (Å²) in [6.07, 6.45) is 3.02. The van der Waals surface area contributed by atoms with Crippen LogP contribution in [-0.4, -0.2) is 34.2 Å². The van der Waals surface area contributed by atoms with Crippen molar-refractivity contribution in [2.75, 3.05) is 7.05 Å². The first-order valence-electron chi connectivity index (χ1n) is 6.69. The molecule has 1 aromatic heterocycles. The van der Waals surface area contributed by atoms with E-state index in [4.69, 9.17) is 4.42 Å². The van der Waals surface area contributed by atoms with Gasteiger partial charge >= 0.3 is 0 Å².